The summed E-state index contributed by atoms with van der Waals surface area (Å²) in [6.07, 6.45) is 0. The van der Waals surface area contributed by atoms with E-state index in [4.69, 9.17) is 10.5 Å². The van der Waals surface area contributed by atoms with Crippen molar-refractivity contribution < 1.29 is 14.6 Å². The average Bonchev–Trinajstić information content (AvgIpc) is 2.39. The second-order valence-electron chi connectivity index (χ2n) is 5.67. The Labute approximate surface area is 123 Å². The van der Waals surface area contributed by atoms with Crippen LogP contribution >= 0.6 is 0 Å². The van der Waals surface area contributed by atoms with Crippen molar-refractivity contribution in [3.8, 4) is 0 Å². The Morgan fingerprint density at radius 1 is 1.40 bits per heavy atom. The quantitative estimate of drug-likeness (QED) is 0.591. The molecule has 0 aliphatic rings. The molecule has 4 nitrogen and oxygen atoms in total. The van der Waals surface area contributed by atoms with Crippen LogP contribution in [-0.4, -0.2) is 34.5 Å². The summed E-state index contributed by atoms with van der Waals surface area (Å²) in [5.41, 5.74) is 7.88. The molecule has 0 aromatic heterocycles. The van der Waals surface area contributed by atoms with Crippen molar-refractivity contribution in [3.05, 3.63) is 35.4 Å². The second-order valence-corrected chi connectivity index (χ2v) is 7.46. The summed E-state index contributed by atoms with van der Waals surface area (Å²) in [5.74, 6) is -0.293. The first-order valence-corrected chi connectivity index (χ1v) is 8.00. The first-order valence-electron chi connectivity index (χ1n) is 7.00. The molecule has 0 amide bonds. The van der Waals surface area contributed by atoms with E-state index in [0.29, 0.717) is 16.8 Å². The third kappa shape index (κ3) is 3.91. The monoisotopic (exact) mass is 295 g/mol. The molecule has 0 heterocycles. The van der Waals surface area contributed by atoms with Gasteiger partial charge in [0.15, 0.2) is 0 Å². The number of hydrogen-bond donors (Lipinski definition) is 2. The number of rotatable bonds is 6. The van der Waals surface area contributed by atoms with Crippen molar-refractivity contribution in [2.75, 3.05) is 13.2 Å². The molecule has 0 spiro atoms. The van der Waals surface area contributed by atoms with Gasteiger partial charge >= 0.3 is 5.97 Å². The maximum absolute atomic E-state index is 12.0. The van der Waals surface area contributed by atoms with E-state index in [1.54, 1.807) is 0 Å². The number of benzene rings is 1. The number of carbonyl (C=O) groups excluding carboxylic acids is 1. The zero-order valence-electron chi connectivity index (χ0n) is 12.7. The van der Waals surface area contributed by atoms with E-state index in [-0.39, 0.29) is 24.4 Å². The van der Waals surface area contributed by atoms with E-state index in [1.807, 2.05) is 45.0 Å². The van der Waals surface area contributed by atoms with Crippen LogP contribution < -0.4 is 5.73 Å². The van der Waals surface area contributed by atoms with Gasteiger partial charge in [-0.25, -0.2) is 0 Å². The number of carbonyl (C=O) groups is 1. The molecule has 2 unspecified atom stereocenters. The van der Waals surface area contributed by atoms with Crippen LogP contribution in [0.25, 0.3) is 0 Å². The Morgan fingerprint density at radius 3 is 2.35 bits per heavy atom. The van der Waals surface area contributed by atoms with E-state index in [1.165, 1.54) is 0 Å². The van der Waals surface area contributed by atoms with Gasteiger partial charge in [-0.15, -0.1) is 0 Å². The minimum Gasteiger partial charge on any atom is -0.466 e. The molecule has 0 aliphatic heterocycles. The molecule has 0 saturated heterocycles. The topological polar surface area (TPSA) is 72.5 Å². The Balaban J connectivity index is 3.03. The summed E-state index contributed by atoms with van der Waals surface area (Å²) in [7, 11) is 0.661. The van der Waals surface area contributed by atoms with Gasteiger partial charge < -0.3 is 15.6 Å². The van der Waals surface area contributed by atoms with Crippen molar-refractivity contribution in [3.63, 3.8) is 0 Å². The Bertz CT molecular complexity index is 443. The van der Waals surface area contributed by atoms with E-state index in [0.717, 1.165) is 11.1 Å². The molecular weight excluding hydrogens is 270 g/mol. The summed E-state index contributed by atoms with van der Waals surface area (Å²) in [5, 5.41) is 8.68. The van der Waals surface area contributed by atoms with Crippen LogP contribution in [0.15, 0.2) is 24.3 Å². The Hall–Kier alpha value is -1.17. The molecule has 0 saturated carbocycles. The van der Waals surface area contributed by atoms with Gasteiger partial charge in [-0.2, -0.15) is 0 Å². The zero-order chi connectivity index (χ0) is 15.3. The molecule has 1 rings (SSSR count). The van der Waals surface area contributed by atoms with E-state index >= 15 is 0 Å². The lowest BCUT2D eigenvalue weighted by atomic mass is 9.87. The molecule has 0 aliphatic carbocycles. The summed E-state index contributed by atoms with van der Waals surface area (Å²) in [6.45, 7) is 6.14. The molecule has 0 bridgehead atoms. The van der Waals surface area contributed by atoms with Crippen LogP contribution in [0.1, 0.15) is 37.8 Å². The number of ether oxygens (including phenoxy) is 1. The van der Waals surface area contributed by atoms with Crippen molar-refractivity contribution in [2.24, 2.45) is 11.7 Å². The molecule has 1 aromatic carbocycles. The predicted molar refractivity (Wildman–Crippen MR) is 83.5 cm³/mol. The maximum atomic E-state index is 12.0. The first kappa shape index (κ1) is 16.9. The minimum absolute atomic E-state index is 0.0654. The van der Waals surface area contributed by atoms with Gasteiger partial charge in [0.2, 0.25) is 0 Å². The Kier molecular flexibility index (Phi) is 5.92. The highest BCUT2D eigenvalue weighted by Crippen LogP contribution is 2.27. The van der Waals surface area contributed by atoms with Gasteiger partial charge in [-0.3, -0.25) is 4.79 Å². The van der Waals surface area contributed by atoms with Crippen LogP contribution in [0.4, 0.5) is 0 Å². The van der Waals surface area contributed by atoms with Crippen molar-refractivity contribution in [1.82, 2.24) is 0 Å². The highest BCUT2D eigenvalue weighted by molar-refractivity contribution is 6.15. The number of aliphatic hydroxyl groups is 1. The van der Waals surface area contributed by atoms with Gasteiger partial charge in [0.05, 0.1) is 19.1 Å². The van der Waals surface area contributed by atoms with Gasteiger partial charge in [0, 0.05) is 15.4 Å². The highest BCUT2D eigenvalue weighted by Gasteiger charge is 2.26. The van der Waals surface area contributed by atoms with Crippen LogP contribution in [0, 0.1) is 5.92 Å². The van der Waals surface area contributed by atoms with Gasteiger partial charge in [-0.05, 0) is 24.0 Å². The van der Waals surface area contributed by atoms with Crippen LogP contribution in [0.3, 0.4) is 0 Å². The highest BCUT2D eigenvalue weighted by atomic mass is 28.1. The van der Waals surface area contributed by atoms with Gasteiger partial charge in [-0.1, -0.05) is 38.1 Å². The Morgan fingerprint density at radius 2 is 1.95 bits per heavy atom. The van der Waals surface area contributed by atoms with E-state index in [9.17, 15) is 9.90 Å². The fourth-order valence-corrected chi connectivity index (χ4v) is 2.52. The van der Waals surface area contributed by atoms with Gasteiger partial charge in [0.25, 0.3) is 0 Å². The fourth-order valence-electron chi connectivity index (χ4n) is 2.19. The molecular formula is C15H25NO3Si. The summed E-state index contributed by atoms with van der Waals surface area (Å²) in [4.78, 5) is 12.0. The van der Waals surface area contributed by atoms with Crippen LogP contribution in [0.2, 0.25) is 0 Å². The lowest BCUT2D eigenvalue weighted by Crippen LogP contribution is -2.40. The SMILES string of the molecule is CCOC(=O)C(c1ccc(C(N)([SiH3])CO)cc1)C(C)C. The second kappa shape index (κ2) is 7.01. The van der Waals surface area contributed by atoms with E-state index < -0.39 is 5.16 Å². The lowest BCUT2D eigenvalue weighted by Gasteiger charge is -2.24. The van der Waals surface area contributed by atoms with Crippen LogP contribution in [0.5, 0.6) is 0 Å². The number of hydrogen-bond acceptors (Lipinski definition) is 4. The molecule has 112 valence electrons. The molecule has 3 N–H and O–H groups in total. The molecule has 0 fully saturated rings. The minimum atomic E-state index is -0.629. The standard InChI is InChI=1S/C15H25NO3Si/c1-4-19-14(18)13(10(2)3)11-5-7-12(8-6-11)15(16,20)9-17/h5-8,10,13,17H,4,9,16H2,1-3,20H3. The zero-order valence-corrected chi connectivity index (χ0v) is 14.7. The molecule has 1 aromatic rings. The largest absolute Gasteiger partial charge is 0.466 e. The normalized spacial score (nSPS) is 15.9. The van der Waals surface area contributed by atoms with Crippen molar-refractivity contribution in [2.45, 2.75) is 31.9 Å². The molecule has 0 radical (unpaired) electrons. The third-order valence-corrected chi connectivity index (χ3v) is 4.36. The van der Waals surface area contributed by atoms with E-state index in [2.05, 4.69) is 0 Å². The molecule has 20 heavy (non-hydrogen) atoms. The summed E-state index contributed by atoms with van der Waals surface area (Å²) in [6, 6.07) is 7.61. The van der Waals surface area contributed by atoms with Crippen molar-refractivity contribution >= 4 is 16.2 Å². The lowest BCUT2D eigenvalue weighted by molar-refractivity contribution is -0.146. The predicted octanol–water partition coefficient (Wildman–Crippen LogP) is 0.458. The smallest absolute Gasteiger partial charge is 0.313 e. The first-order chi connectivity index (χ1) is 9.33. The number of aliphatic hydroxyl groups excluding tert-OH is 1. The summed E-state index contributed by atoms with van der Waals surface area (Å²) < 4.78 is 5.14. The molecule has 5 heteroatoms. The summed E-state index contributed by atoms with van der Waals surface area (Å²) >= 11 is 0. The fraction of sp³-hybridized carbons (Fsp3) is 0.533. The molecule has 2 atom stereocenters. The number of esters is 1. The maximum Gasteiger partial charge on any atom is 0.313 e. The van der Waals surface area contributed by atoms with Gasteiger partial charge in [0.1, 0.15) is 0 Å². The number of nitrogens with two attached hydrogens (primary N) is 1. The average molecular weight is 295 g/mol. The van der Waals surface area contributed by atoms with Crippen LogP contribution in [-0.2, 0) is 14.7 Å². The third-order valence-electron chi connectivity index (χ3n) is 3.46. The van der Waals surface area contributed by atoms with Crippen molar-refractivity contribution in [1.29, 1.82) is 0 Å².